The van der Waals surface area contributed by atoms with Crippen LogP contribution in [0.1, 0.15) is 30.4 Å². The zero-order valence-electron chi connectivity index (χ0n) is 10.3. The minimum Gasteiger partial charge on any atom is -0.481 e. The van der Waals surface area contributed by atoms with E-state index in [2.05, 4.69) is 6.07 Å². The summed E-state index contributed by atoms with van der Waals surface area (Å²) in [5.41, 5.74) is 2.40. The normalized spacial score (nSPS) is 19.3. The maximum Gasteiger partial charge on any atom is 0.307 e. The summed E-state index contributed by atoms with van der Waals surface area (Å²) in [5.74, 6) is -0.859. The minimum absolute atomic E-state index is 0.0208. The Morgan fingerprint density at radius 2 is 2.17 bits per heavy atom. The molecule has 0 radical (unpaired) electrons. The van der Waals surface area contributed by atoms with Crippen LogP contribution in [0.3, 0.4) is 0 Å². The Labute approximate surface area is 111 Å². The lowest BCUT2D eigenvalue weighted by Crippen LogP contribution is -2.23. The molecule has 18 heavy (non-hydrogen) atoms. The Morgan fingerprint density at radius 3 is 2.83 bits per heavy atom. The van der Waals surface area contributed by atoms with Gasteiger partial charge in [-0.3, -0.25) is 9.59 Å². The standard InChI is InChI=1S/C14H16O3S/c1-9(15)18-8-13(14(16)17)12-7-6-10-4-2-3-5-11(10)12/h2-5,12-13H,6-8H2,1H3,(H,16,17)/t12-,13-/m0/s1. The smallest absolute Gasteiger partial charge is 0.307 e. The van der Waals surface area contributed by atoms with Gasteiger partial charge in [0.15, 0.2) is 5.12 Å². The number of aliphatic carboxylic acids is 1. The van der Waals surface area contributed by atoms with Crippen molar-refractivity contribution in [3.8, 4) is 0 Å². The van der Waals surface area contributed by atoms with Gasteiger partial charge in [0.2, 0.25) is 0 Å². The van der Waals surface area contributed by atoms with Crippen molar-refractivity contribution in [3.63, 3.8) is 0 Å². The molecule has 96 valence electrons. The number of carboxylic acids is 1. The highest BCUT2D eigenvalue weighted by Gasteiger charge is 2.34. The van der Waals surface area contributed by atoms with Crippen LogP contribution in [0.4, 0.5) is 0 Å². The summed E-state index contributed by atoms with van der Waals surface area (Å²) in [6.45, 7) is 1.48. The molecule has 1 aromatic rings. The van der Waals surface area contributed by atoms with Gasteiger partial charge in [0.25, 0.3) is 0 Å². The molecule has 3 nitrogen and oxygen atoms in total. The molecule has 0 saturated carbocycles. The summed E-state index contributed by atoms with van der Waals surface area (Å²) in [7, 11) is 0. The van der Waals surface area contributed by atoms with E-state index >= 15 is 0 Å². The molecule has 2 rings (SSSR count). The first kappa shape index (κ1) is 13.1. The van der Waals surface area contributed by atoms with Crippen LogP contribution in [-0.4, -0.2) is 21.9 Å². The lowest BCUT2D eigenvalue weighted by Gasteiger charge is -2.19. The van der Waals surface area contributed by atoms with E-state index in [9.17, 15) is 14.7 Å². The number of carbonyl (C=O) groups is 2. The Balaban J connectivity index is 2.18. The Kier molecular flexibility index (Phi) is 4.07. The number of rotatable bonds is 4. The largest absolute Gasteiger partial charge is 0.481 e. The van der Waals surface area contributed by atoms with E-state index in [-0.39, 0.29) is 11.0 Å². The average Bonchev–Trinajstić information content (AvgIpc) is 2.73. The van der Waals surface area contributed by atoms with Crippen LogP contribution in [0.15, 0.2) is 24.3 Å². The second-order valence-electron chi connectivity index (χ2n) is 4.59. The highest BCUT2D eigenvalue weighted by molar-refractivity contribution is 8.13. The van der Waals surface area contributed by atoms with E-state index in [0.29, 0.717) is 5.75 Å². The molecule has 4 heteroatoms. The molecular formula is C14H16O3S. The van der Waals surface area contributed by atoms with E-state index in [1.54, 1.807) is 0 Å². The Bertz CT molecular complexity index is 470. The number of aryl methyl sites for hydroxylation is 1. The highest BCUT2D eigenvalue weighted by Crippen LogP contribution is 2.39. The number of carboxylic acid groups (broad SMARTS) is 1. The van der Waals surface area contributed by atoms with E-state index in [4.69, 9.17) is 0 Å². The van der Waals surface area contributed by atoms with Gasteiger partial charge in [0, 0.05) is 12.7 Å². The molecule has 1 N–H and O–H groups in total. The fraction of sp³-hybridized carbons (Fsp3) is 0.429. The van der Waals surface area contributed by atoms with E-state index < -0.39 is 11.9 Å². The summed E-state index contributed by atoms with van der Waals surface area (Å²) >= 11 is 1.11. The number of hydrogen-bond acceptors (Lipinski definition) is 3. The number of carbonyl (C=O) groups excluding carboxylic acids is 1. The van der Waals surface area contributed by atoms with Crippen LogP contribution in [0, 0.1) is 5.92 Å². The van der Waals surface area contributed by atoms with Crippen molar-refractivity contribution in [3.05, 3.63) is 35.4 Å². The van der Waals surface area contributed by atoms with Crippen LogP contribution in [-0.2, 0) is 16.0 Å². The first-order valence-electron chi connectivity index (χ1n) is 6.03. The molecular weight excluding hydrogens is 248 g/mol. The van der Waals surface area contributed by atoms with Gasteiger partial charge in [-0.05, 0) is 29.9 Å². The SMILES string of the molecule is CC(=O)SC[C@H](C(=O)O)[C@H]1CCc2ccccc21. The van der Waals surface area contributed by atoms with Crippen LogP contribution >= 0.6 is 11.8 Å². The monoisotopic (exact) mass is 264 g/mol. The average molecular weight is 264 g/mol. The number of hydrogen-bond donors (Lipinski definition) is 1. The van der Waals surface area contributed by atoms with Crippen LogP contribution < -0.4 is 0 Å². The highest BCUT2D eigenvalue weighted by atomic mass is 32.2. The van der Waals surface area contributed by atoms with Crippen molar-refractivity contribution in [2.75, 3.05) is 5.75 Å². The third kappa shape index (κ3) is 2.75. The van der Waals surface area contributed by atoms with Gasteiger partial charge in [0.05, 0.1) is 5.92 Å². The quantitative estimate of drug-likeness (QED) is 0.908. The molecule has 1 aromatic carbocycles. The van der Waals surface area contributed by atoms with Crippen LogP contribution in [0.2, 0.25) is 0 Å². The van der Waals surface area contributed by atoms with Crippen LogP contribution in [0.25, 0.3) is 0 Å². The van der Waals surface area contributed by atoms with Crippen molar-refractivity contribution >= 4 is 22.8 Å². The van der Waals surface area contributed by atoms with Gasteiger partial charge >= 0.3 is 5.97 Å². The van der Waals surface area contributed by atoms with Crippen molar-refractivity contribution < 1.29 is 14.7 Å². The van der Waals surface area contributed by atoms with E-state index in [0.717, 1.165) is 30.2 Å². The summed E-state index contributed by atoms with van der Waals surface area (Å²) in [4.78, 5) is 22.4. The lowest BCUT2D eigenvalue weighted by atomic mass is 9.88. The molecule has 1 aliphatic carbocycles. The third-order valence-corrected chi connectivity index (χ3v) is 4.38. The van der Waals surface area contributed by atoms with Gasteiger partial charge in [-0.2, -0.15) is 0 Å². The lowest BCUT2D eigenvalue weighted by molar-refractivity contribution is -0.141. The number of benzene rings is 1. The first-order valence-corrected chi connectivity index (χ1v) is 7.02. The van der Waals surface area contributed by atoms with E-state index in [1.165, 1.54) is 12.5 Å². The minimum atomic E-state index is -0.801. The summed E-state index contributed by atoms with van der Waals surface area (Å²) in [5, 5.41) is 9.33. The van der Waals surface area contributed by atoms with Gasteiger partial charge in [0.1, 0.15) is 0 Å². The zero-order valence-corrected chi connectivity index (χ0v) is 11.1. The molecule has 0 spiro atoms. The van der Waals surface area contributed by atoms with Gasteiger partial charge in [-0.15, -0.1) is 0 Å². The maximum absolute atomic E-state index is 11.4. The second-order valence-corrected chi connectivity index (χ2v) is 5.79. The molecule has 0 unspecified atom stereocenters. The van der Waals surface area contributed by atoms with Crippen LogP contribution in [0.5, 0.6) is 0 Å². The summed E-state index contributed by atoms with van der Waals surface area (Å²) < 4.78 is 0. The number of thioether (sulfide) groups is 1. The fourth-order valence-corrected chi connectivity index (χ4v) is 3.36. The first-order chi connectivity index (χ1) is 8.59. The van der Waals surface area contributed by atoms with Crippen molar-refractivity contribution in [1.29, 1.82) is 0 Å². The van der Waals surface area contributed by atoms with Gasteiger partial charge < -0.3 is 5.11 Å². The molecule has 0 amide bonds. The fourth-order valence-electron chi connectivity index (χ4n) is 2.57. The molecule has 0 aliphatic heterocycles. The zero-order chi connectivity index (χ0) is 13.1. The molecule has 0 aromatic heterocycles. The summed E-state index contributed by atoms with van der Waals surface area (Å²) in [6, 6.07) is 8.02. The molecule has 1 aliphatic rings. The van der Waals surface area contributed by atoms with Gasteiger partial charge in [-0.1, -0.05) is 36.0 Å². The van der Waals surface area contributed by atoms with Gasteiger partial charge in [-0.25, -0.2) is 0 Å². The summed E-state index contributed by atoms with van der Waals surface area (Å²) in [6.07, 6.45) is 1.81. The molecule has 0 bridgehead atoms. The Morgan fingerprint density at radius 1 is 1.44 bits per heavy atom. The van der Waals surface area contributed by atoms with Crippen molar-refractivity contribution in [1.82, 2.24) is 0 Å². The number of fused-ring (bicyclic) bond motifs is 1. The van der Waals surface area contributed by atoms with E-state index in [1.807, 2.05) is 18.2 Å². The predicted molar refractivity (Wildman–Crippen MR) is 71.8 cm³/mol. The molecule has 0 fully saturated rings. The molecule has 0 saturated heterocycles. The van der Waals surface area contributed by atoms with Crippen molar-refractivity contribution in [2.45, 2.75) is 25.7 Å². The molecule has 0 heterocycles. The molecule has 2 atom stereocenters. The Hall–Kier alpha value is -1.29. The predicted octanol–water partition coefficient (Wildman–Crippen LogP) is 2.70. The van der Waals surface area contributed by atoms with Crippen molar-refractivity contribution in [2.24, 2.45) is 5.92 Å². The second kappa shape index (κ2) is 5.57. The maximum atomic E-state index is 11.4. The third-order valence-electron chi connectivity index (χ3n) is 3.45. The topological polar surface area (TPSA) is 54.4 Å².